The third-order valence-corrected chi connectivity index (χ3v) is 1.54. The standard InChI is InChI=1S/C7H12N4/c1-5(3-8)7-4-9-11-6(2)10-7/h4-5H,3,8H2,1-2H3. The summed E-state index contributed by atoms with van der Waals surface area (Å²) in [6, 6.07) is 0. The van der Waals surface area contributed by atoms with Gasteiger partial charge in [0.25, 0.3) is 0 Å². The van der Waals surface area contributed by atoms with Crippen LogP contribution >= 0.6 is 0 Å². The SMILES string of the molecule is Cc1nncc(C(C)CN)n1. The van der Waals surface area contributed by atoms with Crippen molar-refractivity contribution in [2.75, 3.05) is 6.54 Å². The molecule has 1 aromatic rings. The Balaban J connectivity index is 2.86. The maximum absolute atomic E-state index is 5.47. The van der Waals surface area contributed by atoms with Crippen molar-refractivity contribution in [3.8, 4) is 0 Å². The lowest BCUT2D eigenvalue weighted by Gasteiger charge is -2.05. The van der Waals surface area contributed by atoms with E-state index in [0.717, 1.165) is 5.69 Å². The second-order valence-corrected chi connectivity index (χ2v) is 2.57. The topological polar surface area (TPSA) is 64.7 Å². The second-order valence-electron chi connectivity index (χ2n) is 2.57. The smallest absolute Gasteiger partial charge is 0.148 e. The summed E-state index contributed by atoms with van der Waals surface area (Å²) in [5, 5.41) is 7.54. The molecule has 0 aliphatic carbocycles. The summed E-state index contributed by atoms with van der Waals surface area (Å²) in [6.45, 7) is 4.43. The molecule has 4 heteroatoms. The molecular weight excluding hydrogens is 140 g/mol. The van der Waals surface area contributed by atoms with Crippen LogP contribution in [0.3, 0.4) is 0 Å². The van der Waals surface area contributed by atoms with E-state index in [1.807, 2.05) is 13.8 Å². The van der Waals surface area contributed by atoms with Gasteiger partial charge < -0.3 is 5.73 Å². The molecule has 60 valence electrons. The van der Waals surface area contributed by atoms with Crippen molar-refractivity contribution >= 4 is 0 Å². The van der Waals surface area contributed by atoms with E-state index in [0.29, 0.717) is 12.4 Å². The molecule has 0 aliphatic rings. The molecule has 0 aromatic carbocycles. The minimum atomic E-state index is 0.268. The second kappa shape index (κ2) is 3.39. The summed E-state index contributed by atoms with van der Waals surface area (Å²) in [7, 11) is 0. The fourth-order valence-corrected chi connectivity index (χ4v) is 0.768. The van der Waals surface area contributed by atoms with Crippen molar-refractivity contribution in [1.82, 2.24) is 15.2 Å². The Morgan fingerprint density at radius 3 is 2.91 bits per heavy atom. The molecule has 0 fully saturated rings. The Morgan fingerprint density at radius 2 is 2.36 bits per heavy atom. The van der Waals surface area contributed by atoms with Crippen LogP contribution in [0.25, 0.3) is 0 Å². The van der Waals surface area contributed by atoms with Crippen LogP contribution in [0, 0.1) is 6.92 Å². The number of rotatable bonds is 2. The molecule has 1 atom stereocenters. The Bertz CT molecular complexity index is 236. The molecule has 1 heterocycles. The summed E-state index contributed by atoms with van der Waals surface area (Å²) in [5.41, 5.74) is 6.38. The van der Waals surface area contributed by atoms with Crippen LogP contribution < -0.4 is 5.73 Å². The number of nitrogens with two attached hydrogens (primary N) is 1. The first-order valence-electron chi connectivity index (χ1n) is 3.60. The van der Waals surface area contributed by atoms with E-state index in [9.17, 15) is 0 Å². The minimum absolute atomic E-state index is 0.268. The molecule has 0 aliphatic heterocycles. The zero-order chi connectivity index (χ0) is 8.27. The quantitative estimate of drug-likeness (QED) is 0.659. The van der Waals surface area contributed by atoms with Gasteiger partial charge in [-0.15, -0.1) is 5.10 Å². The van der Waals surface area contributed by atoms with Crippen LogP contribution in [0.4, 0.5) is 0 Å². The molecule has 0 amide bonds. The van der Waals surface area contributed by atoms with Crippen LogP contribution in [0.2, 0.25) is 0 Å². The largest absolute Gasteiger partial charge is 0.330 e. The zero-order valence-corrected chi connectivity index (χ0v) is 6.78. The van der Waals surface area contributed by atoms with Crippen LogP contribution in [0.1, 0.15) is 24.4 Å². The number of aromatic nitrogens is 3. The molecule has 1 rings (SSSR count). The van der Waals surface area contributed by atoms with Gasteiger partial charge in [-0.2, -0.15) is 5.10 Å². The van der Waals surface area contributed by atoms with Gasteiger partial charge in [0, 0.05) is 12.5 Å². The van der Waals surface area contributed by atoms with E-state index in [2.05, 4.69) is 15.2 Å². The highest BCUT2D eigenvalue weighted by molar-refractivity contribution is 5.02. The van der Waals surface area contributed by atoms with Gasteiger partial charge in [-0.25, -0.2) is 4.98 Å². The lowest BCUT2D eigenvalue weighted by molar-refractivity contribution is 0.714. The Kier molecular flexibility index (Phi) is 2.48. The van der Waals surface area contributed by atoms with Gasteiger partial charge >= 0.3 is 0 Å². The van der Waals surface area contributed by atoms with Crippen LogP contribution in [-0.4, -0.2) is 21.7 Å². The lowest BCUT2D eigenvalue weighted by atomic mass is 10.1. The molecule has 4 nitrogen and oxygen atoms in total. The maximum atomic E-state index is 5.47. The fourth-order valence-electron chi connectivity index (χ4n) is 0.768. The first kappa shape index (κ1) is 8.07. The molecular formula is C7H12N4. The maximum Gasteiger partial charge on any atom is 0.148 e. The van der Waals surface area contributed by atoms with E-state index < -0.39 is 0 Å². The summed E-state index contributed by atoms with van der Waals surface area (Å²) in [5.74, 6) is 0.965. The van der Waals surface area contributed by atoms with Crippen molar-refractivity contribution in [2.24, 2.45) is 5.73 Å². The number of aryl methyl sites for hydroxylation is 1. The van der Waals surface area contributed by atoms with Crippen molar-refractivity contribution in [3.63, 3.8) is 0 Å². The summed E-state index contributed by atoms with van der Waals surface area (Å²) in [6.07, 6.45) is 1.66. The molecule has 0 spiro atoms. The predicted octanol–water partition coefficient (Wildman–Crippen LogP) is 0.242. The Hall–Kier alpha value is -1.03. The first-order chi connectivity index (χ1) is 5.24. The highest BCUT2D eigenvalue weighted by atomic mass is 15.1. The van der Waals surface area contributed by atoms with Gasteiger partial charge in [0.2, 0.25) is 0 Å². The zero-order valence-electron chi connectivity index (χ0n) is 6.78. The molecule has 1 aromatic heterocycles. The third-order valence-electron chi connectivity index (χ3n) is 1.54. The molecule has 2 N–H and O–H groups in total. The van der Waals surface area contributed by atoms with Gasteiger partial charge in [-0.3, -0.25) is 0 Å². The molecule has 0 saturated carbocycles. The monoisotopic (exact) mass is 152 g/mol. The third kappa shape index (κ3) is 1.94. The summed E-state index contributed by atoms with van der Waals surface area (Å²) < 4.78 is 0. The first-order valence-corrected chi connectivity index (χ1v) is 3.60. The van der Waals surface area contributed by atoms with Gasteiger partial charge in [-0.05, 0) is 6.92 Å². The van der Waals surface area contributed by atoms with Crippen molar-refractivity contribution in [3.05, 3.63) is 17.7 Å². The van der Waals surface area contributed by atoms with E-state index in [1.54, 1.807) is 6.20 Å². The van der Waals surface area contributed by atoms with Gasteiger partial charge in [-0.1, -0.05) is 6.92 Å². The highest BCUT2D eigenvalue weighted by Gasteiger charge is 2.04. The summed E-state index contributed by atoms with van der Waals surface area (Å²) >= 11 is 0. The number of hydrogen-bond acceptors (Lipinski definition) is 4. The molecule has 0 bridgehead atoms. The number of hydrogen-bond donors (Lipinski definition) is 1. The molecule has 0 radical (unpaired) electrons. The Morgan fingerprint density at radius 1 is 1.64 bits per heavy atom. The minimum Gasteiger partial charge on any atom is -0.330 e. The Labute approximate surface area is 65.9 Å². The van der Waals surface area contributed by atoms with Crippen LogP contribution in [-0.2, 0) is 0 Å². The van der Waals surface area contributed by atoms with Gasteiger partial charge in [0.1, 0.15) is 5.82 Å². The van der Waals surface area contributed by atoms with E-state index >= 15 is 0 Å². The number of nitrogens with zero attached hydrogens (tertiary/aromatic N) is 3. The van der Waals surface area contributed by atoms with E-state index in [4.69, 9.17) is 5.73 Å². The lowest BCUT2D eigenvalue weighted by Crippen LogP contribution is -2.11. The van der Waals surface area contributed by atoms with E-state index in [1.165, 1.54) is 0 Å². The van der Waals surface area contributed by atoms with Gasteiger partial charge in [0.15, 0.2) is 0 Å². The molecule has 0 saturated heterocycles. The molecule has 1 unspecified atom stereocenters. The van der Waals surface area contributed by atoms with Gasteiger partial charge in [0.05, 0.1) is 11.9 Å². The normalized spacial score (nSPS) is 13.0. The van der Waals surface area contributed by atoms with E-state index in [-0.39, 0.29) is 5.92 Å². The molecule has 11 heavy (non-hydrogen) atoms. The fraction of sp³-hybridized carbons (Fsp3) is 0.571. The van der Waals surface area contributed by atoms with Crippen molar-refractivity contribution < 1.29 is 0 Å². The predicted molar refractivity (Wildman–Crippen MR) is 42.0 cm³/mol. The van der Waals surface area contributed by atoms with Crippen LogP contribution in [0.15, 0.2) is 6.20 Å². The highest BCUT2D eigenvalue weighted by Crippen LogP contribution is 2.07. The summed E-state index contributed by atoms with van der Waals surface area (Å²) in [4.78, 5) is 4.19. The van der Waals surface area contributed by atoms with Crippen LogP contribution in [0.5, 0.6) is 0 Å². The van der Waals surface area contributed by atoms with Crippen molar-refractivity contribution in [1.29, 1.82) is 0 Å². The van der Waals surface area contributed by atoms with Crippen molar-refractivity contribution in [2.45, 2.75) is 19.8 Å². The average Bonchev–Trinajstić information content (AvgIpc) is 2.03. The average molecular weight is 152 g/mol.